The van der Waals surface area contributed by atoms with Crippen molar-refractivity contribution in [3.05, 3.63) is 40.8 Å². The Morgan fingerprint density at radius 2 is 2.24 bits per heavy atom. The first-order valence-corrected chi connectivity index (χ1v) is 9.62. The van der Waals surface area contributed by atoms with E-state index in [1.807, 2.05) is 36.2 Å². The molecule has 0 bridgehead atoms. The molecule has 1 aliphatic heterocycles. The number of benzene rings is 1. The second-order valence-corrected chi connectivity index (χ2v) is 7.77. The summed E-state index contributed by atoms with van der Waals surface area (Å²) >= 11 is 2.62. The van der Waals surface area contributed by atoms with Gasteiger partial charge in [-0.1, -0.05) is 35.7 Å². The third-order valence-corrected chi connectivity index (χ3v) is 6.07. The zero-order chi connectivity index (χ0) is 17.4. The second-order valence-electron chi connectivity index (χ2n) is 5.81. The van der Waals surface area contributed by atoms with Crippen LogP contribution in [0.4, 0.5) is 5.69 Å². The molecule has 0 atom stereocenters. The van der Waals surface area contributed by atoms with Crippen LogP contribution >= 0.6 is 23.5 Å². The van der Waals surface area contributed by atoms with Crippen molar-refractivity contribution in [1.29, 1.82) is 5.26 Å². The van der Waals surface area contributed by atoms with Gasteiger partial charge in [-0.2, -0.15) is 5.26 Å². The average Bonchev–Trinajstić information content (AvgIpc) is 3.28. The molecule has 8 heteroatoms. The first-order valence-electron chi connectivity index (χ1n) is 7.81. The van der Waals surface area contributed by atoms with Crippen molar-refractivity contribution >= 4 is 35.0 Å². The molecule has 0 saturated heterocycles. The number of nitrogens with zero attached hydrogens (tertiary/aromatic N) is 4. The topological polar surface area (TPSA) is 83.0 Å². The molecule has 2 aliphatic rings. The first-order chi connectivity index (χ1) is 12.2. The van der Waals surface area contributed by atoms with Crippen molar-refractivity contribution in [2.75, 3.05) is 17.7 Å². The van der Waals surface area contributed by atoms with Gasteiger partial charge in [0.2, 0.25) is 5.89 Å². The quantitative estimate of drug-likeness (QED) is 0.449. The SMILES string of the molecule is CN1/C(=C(/C#N)C(=O)CSc2nnc(C3CC3)o2)Sc2ccccc21. The number of fused-ring (bicyclic) bond motifs is 1. The molecular weight excluding hydrogens is 356 g/mol. The van der Waals surface area contributed by atoms with E-state index in [4.69, 9.17) is 4.42 Å². The largest absolute Gasteiger partial charge is 0.416 e. The Balaban J connectivity index is 1.49. The molecule has 25 heavy (non-hydrogen) atoms. The maximum atomic E-state index is 12.6. The maximum Gasteiger partial charge on any atom is 0.277 e. The molecule has 6 nitrogen and oxygen atoms in total. The third-order valence-electron chi connectivity index (χ3n) is 4.02. The summed E-state index contributed by atoms with van der Waals surface area (Å²) in [6, 6.07) is 9.91. The number of carbonyl (C=O) groups excluding carboxylic acids is 1. The fourth-order valence-electron chi connectivity index (χ4n) is 2.52. The number of para-hydroxylation sites is 1. The van der Waals surface area contributed by atoms with Crippen molar-refractivity contribution in [2.24, 2.45) is 0 Å². The highest BCUT2D eigenvalue weighted by Crippen LogP contribution is 2.46. The molecule has 1 aromatic carbocycles. The number of nitriles is 1. The van der Waals surface area contributed by atoms with Gasteiger partial charge in [-0.25, -0.2) is 0 Å². The van der Waals surface area contributed by atoms with Crippen LogP contribution in [0.1, 0.15) is 24.7 Å². The van der Waals surface area contributed by atoms with Gasteiger partial charge in [0.25, 0.3) is 5.22 Å². The number of thioether (sulfide) groups is 2. The maximum absolute atomic E-state index is 12.6. The van der Waals surface area contributed by atoms with Crippen LogP contribution in [0.15, 0.2) is 49.4 Å². The average molecular weight is 370 g/mol. The van der Waals surface area contributed by atoms with Crippen LogP contribution in [-0.2, 0) is 4.79 Å². The number of aromatic nitrogens is 2. The van der Waals surface area contributed by atoms with Crippen LogP contribution in [-0.4, -0.2) is 28.8 Å². The molecule has 0 unspecified atom stereocenters. The Hall–Kier alpha value is -2.24. The molecule has 0 spiro atoms. The molecule has 1 saturated carbocycles. The monoisotopic (exact) mass is 370 g/mol. The Bertz CT molecular complexity index is 911. The number of hydrogen-bond acceptors (Lipinski definition) is 8. The van der Waals surface area contributed by atoms with Gasteiger partial charge < -0.3 is 9.32 Å². The Morgan fingerprint density at radius 1 is 1.44 bits per heavy atom. The molecule has 2 aromatic rings. The van der Waals surface area contributed by atoms with E-state index in [9.17, 15) is 10.1 Å². The minimum Gasteiger partial charge on any atom is -0.416 e. The van der Waals surface area contributed by atoms with Crippen molar-refractivity contribution in [2.45, 2.75) is 28.9 Å². The zero-order valence-corrected chi connectivity index (χ0v) is 15.1. The van der Waals surface area contributed by atoms with Gasteiger partial charge in [0.05, 0.1) is 11.4 Å². The van der Waals surface area contributed by atoms with Crippen LogP contribution in [0.25, 0.3) is 0 Å². The minimum atomic E-state index is -0.235. The molecule has 0 radical (unpaired) electrons. The van der Waals surface area contributed by atoms with E-state index in [0.29, 0.717) is 22.1 Å². The molecule has 1 fully saturated rings. The van der Waals surface area contributed by atoms with Gasteiger partial charge in [-0.15, -0.1) is 10.2 Å². The standard InChI is InChI=1S/C17H14N4O2S2/c1-21-12-4-2-3-5-14(12)25-16(21)11(8-18)13(22)9-24-17-20-19-15(23-17)10-6-7-10/h2-5,10H,6-7,9H2,1H3/b16-11+. The molecular formula is C17H14N4O2S2. The summed E-state index contributed by atoms with van der Waals surface area (Å²) in [6.07, 6.45) is 2.17. The third kappa shape index (κ3) is 3.17. The van der Waals surface area contributed by atoms with E-state index >= 15 is 0 Å². The zero-order valence-electron chi connectivity index (χ0n) is 13.4. The predicted octanol–water partition coefficient (Wildman–Crippen LogP) is 3.59. The number of allylic oxidation sites excluding steroid dienone is 1. The van der Waals surface area contributed by atoms with Crippen LogP contribution < -0.4 is 4.90 Å². The lowest BCUT2D eigenvalue weighted by molar-refractivity contribution is -0.112. The van der Waals surface area contributed by atoms with Crippen molar-refractivity contribution < 1.29 is 9.21 Å². The summed E-state index contributed by atoms with van der Waals surface area (Å²) in [7, 11) is 1.87. The van der Waals surface area contributed by atoms with Crippen LogP contribution in [0.5, 0.6) is 0 Å². The van der Waals surface area contributed by atoms with E-state index in [2.05, 4.69) is 16.3 Å². The molecule has 0 amide bonds. The minimum absolute atomic E-state index is 0.101. The van der Waals surface area contributed by atoms with E-state index in [-0.39, 0.29) is 17.1 Å². The van der Waals surface area contributed by atoms with Gasteiger partial charge in [-0.3, -0.25) is 4.79 Å². The molecule has 4 rings (SSSR count). The van der Waals surface area contributed by atoms with E-state index in [1.165, 1.54) is 23.5 Å². The van der Waals surface area contributed by atoms with Gasteiger partial charge in [0.1, 0.15) is 16.7 Å². The van der Waals surface area contributed by atoms with Crippen molar-refractivity contribution in [1.82, 2.24) is 10.2 Å². The summed E-state index contributed by atoms with van der Waals surface area (Å²) < 4.78 is 5.54. The van der Waals surface area contributed by atoms with Gasteiger partial charge >= 0.3 is 0 Å². The number of Topliss-reactive ketones (excluding diaryl/α,β-unsaturated/α-hetero) is 1. The lowest BCUT2D eigenvalue weighted by Gasteiger charge is -2.14. The highest BCUT2D eigenvalue weighted by atomic mass is 32.2. The summed E-state index contributed by atoms with van der Waals surface area (Å²) in [6.45, 7) is 0. The van der Waals surface area contributed by atoms with Gasteiger partial charge in [0, 0.05) is 17.9 Å². The number of carbonyl (C=O) groups is 1. The highest BCUT2D eigenvalue weighted by molar-refractivity contribution is 8.03. The van der Waals surface area contributed by atoms with Crippen molar-refractivity contribution in [3.8, 4) is 6.07 Å². The highest BCUT2D eigenvalue weighted by Gasteiger charge is 2.30. The second kappa shape index (κ2) is 6.58. The lowest BCUT2D eigenvalue weighted by atomic mass is 10.2. The van der Waals surface area contributed by atoms with Gasteiger partial charge in [0.15, 0.2) is 5.78 Å². The Kier molecular flexibility index (Phi) is 4.27. The summed E-state index contributed by atoms with van der Waals surface area (Å²) in [4.78, 5) is 15.5. The van der Waals surface area contributed by atoms with Crippen LogP contribution in [0.3, 0.4) is 0 Å². The number of anilines is 1. The molecule has 2 heterocycles. The number of rotatable bonds is 5. The smallest absolute Gasteiger partial charge is 0.277 e. The fourth-order valence-corrected chi connectivity index (χ4v) is 4.33. The Morgan fingerprint density at radius 3 is 2.96 bits per heavy atom. The normalized spacial score (nSPS) is 18.0. The van der Waals surface area contributed by atoms with E-state index in [0.717, 1.165) is 23.4 Å². The van der Waals surface area contributed by atoms with E-state index < -0.39 is 0 Å². The summed E-state index contributed by atoms with van der Waals surface area (Å²) in [5, 5.41) is 18.5. The Labute approximate surface area is 153 Å². The predicted molar refractivity (Wildman–Crippen MR) is 95.3 cm³/mol. The first kappa shape index (κ1) is 16.2. The van der Waals surface area contributed by atoms with E-state index in [1.54, 1.807) is 0 Å². The molecule has 126 valence electrons. The fraction of sp³-hybridized carbons (Fsp3) is 0.294. The number of hydrogen-bond donors (Lipinski definition) is 0. The molecule has 0 N–H and O–H groups in total. The van der Waals surface area contributed by atoms with Gasteiger partial charge in [-0.05, 0) is 25.0 Å². The van der Waals surface area contributed by atoms with Crippen LogP contribution in [0, 0.1) is 11.3 Å². The molecule has 1 aromatic heterocycles. The summed E-state index contributed by atoms with van der Waals surface area (Å²) in [5.74, 6) is 0.899. The summed E-state index contributed by atoms with van der Waals surface area (Å²) in [5.41, 5.74) is 1.17. The van der Waals surface area contributed by atoms with Crippen molar-refractivity contribution in [3.63, 3.8) is 0 Å². The number of ketones is 1. The van der Waals surface area contributed by atoms with Crippen LogP contribution in [0.2, 0.25) is 0 Å². The molecule has 1 aliphatic carbocycles. The lowest BCUT2D eigenvalue weighted by Crippen LogP contribution is -2.16.